The van der Waals surface area contributed by atoms with Gasteiger partial charge in [0.1, 0.15) is 11.3 Å². The average Bonchev–Trinajstić information content (AvgIpc) is 3.27. The normalized spacial score (nSPS) is 20.3. The van der Waals surface area contributed by atoms with E-state index in [2.05, 4.69) is 20.3 Å². The Kier molecular flexibility index (Phi) is 6.40. The van der Waals surface area contributed by atoms with Gasteiger partial charge in [-0.05, 0) is 44.0 Å². The number of fused-ring (bicyclic) bond motifs is 1. The molecule has 2 aliphatic heterocycles. The number of halogens is 2. The van der Waals surface area contributed by atoms with E-state index in [4.69, 9.17) is 28.2 Å². The molecular formula is C23H27Cl2N7O. The van der Waals surface area contributed by atoms with Crippen LogP contribution >= 0.6 is 23.2 Å². The predicted octanol–water partition coefficient (Wildman–Crippen LogP) is 3.53. The van der Waals surface area contributed by atoms with Gasteiger partial charge in [0.15, 0.2) is 5.65 Å². The SMILES string of the molecule is C[C@@H](c1ccc(Cl)cc1Cl)n1ncc2ncc(N3CCN(C(=O)[C@H]4CCCCN4)CC3)nc21. The van der Waals surface area contributed by atoms with Crippen LogP contribution in [0.25, 0.3) is 11.2 Å². The van der Waals surface area contributed by atoms with E-state index in [-0.39, 0.29) is 18.0 Å². The monoisotopic (exact) mass is 487 g/mol. The molecule has 0 aliphatic carbocycles. The number of piperidine rings is 1. The number of carbonyl (C=O) groups excluding carboxylic acids is 1. The maximum atomic E-state index is 12.8. The van der Waals surface area contributed by atoms with E-state index in [1.807, 2.05) is 28.6 Å². The summed E-state index contributed by atoms with van der Waals surface area (Å²) < 4.78 is 1.84. The van der Waals surface area contributed by atoms with Gasteiger partial charge < -0.3 is 15.1 Å². The third kappa shape index (κ3) is 4.52. The van der Waals surface area contributed by atoms with Crippen LogP contribution in [-0.2, 0) is 4.79 Å². The quantitative estimate of drug-likeness (QED) is 0.606. The number of aromatic nitrogens is 4. The van der Waals surface area contributed by atoms with Crippen molar-refractivity contribution >= 4 is 46.1 Å². The summed E-state index contributed by atoms with van der Waals surface area (Å²) in [6, 6.07) is 5.32. The fourth-order valence-electron chi connectivity index (χ4n) is 4.66. The summed E-state index contributed by atoms with van der Waals surface area (Å²) in [4.78, 5) is 26.5. The topological polar surface area (TPSA) is 79.2 Å². The molecule has 8 nitrogen and oxygen atoms in total. The number of rotatable bonds is 4. The molecule has 33 heavy (non-hydrogen) atoms. The standard InChI is InChI=1S/C23H27Cl2N7O/c1-15(17-6-5-16(24)12-18(17)25)32-22-20(13-28-32)27-14-21(29-22)30-8-10-31(11-9-30)23(33)19-4-2-3-7-26-19/h5-6,12-15,19,26H,2-4,7-11H2,1H3/t15-,19+/m0/s1. The van der Waals surface area contributed by atoms with Crippen LogP contribution in [0.2, 0.25) is 10.0 Å². The Hall–Kier alpha value is -2.42. The Labute approximate surface area is 202 Å². The summed E-state index contributed by atoms with van der Waals surface area (Å²) >= 11 is 12.5. The summed E-state index contributed by atoms with van der Waals surface area (Å²) in [5.74, 6) is 1.02. The molecule has 10 heteroatoms. The molecule has 0 saturated carbocycles. The fourth-order valence-corrected chi connectivity index (χ4v) is 5.22. The number of amides is 1. The van der Waals surface area contributed by atoms with Gasteiger partial charge in [-0.3, -0.25) is 4.79 Å². The first-order valence-electron chi connectivity index (χ1n) is 11.4. The Morgan fingerprint density at radius 1 is 1.15 bits per heavy atom. The molecule has 0 bridgehead atoms. The fraction of sp³-hybridized carbons (Fsp3) is 0.478. The number of piperazine rings is 1. The summed E-state index contributed by atoms with van der Waals surface area (Å²) in [5.41, 5.74) is 2.35. The molecule has 2 atom stereocenters. The zero-order valence-electron chi connectivity index (χ0n) is 18.5. The van der Waals surface area contributed by atoms with Crippen molar-refractivity contribution in [1.82, 2.24) is 30.0 Å². The molecule has 174 valence electrons. The number of nitrogens with zero attached hydrogens (tertiary/aromatic N) is 6. The van der Waals surface area contributed by atoms with Crippen LogP contribution in [0.1, 0.15) is 37.8 Å². The molecule has 5 rings (SSSR count). The summed E-state index contributed by atoms with van der Waals surface area (Å²) in [7, 11) is 0. The van der Waals surface area contributed by atoms with Crippen molar-refractivity contribution in [1.29, 1.82) is 0 Å². The molecule has 2 aromatic heterocycles. The molecule has 0 spiro atoms. The van der Waals surface area contributed by atoms with Crippen molar-refractivity contribution in [2.75, 3.05) is 37.6 Å². The van der Waals surface area contributed by atoms with Gasteiger partial charge in [0.05, 0.1) is 24.5 Å². The van der Waals surface area contributed by atoms with Crippen LogP contribution in [0, 0.1) is 0 Å². The van der Waals surface area contributed by atoms with Crippen LogP contribution in [0.3, 0.4) is 0 Å². The Bertz CT molecular complexity index is 1150. The third-order valence-corrected chi connectivity index (χ3v) is 7.16. The molecular weight excluding hydrogens is 461 g/mol. The van der Waals surface area contributed by atoms with E-state index in [9.17, 15) is 4.79 Å². The zero-order valence-corrected chi connectivity index (χ0v) is 20.1. The lowest BCUT2D eigenvalue weighted by Gasteiger charge is -2.37. The lowest BCUT2D eigenvalue weighted by atomic mass is 10.0. The second kappa shape index (κ2) is 9.44. The lowest BCUT2D eigenvalue weighted by Crippen LogP contribution is -2.55. The molecule has 2 saturated heterocycles. The van der Waals surface area contributed by atoms with Crippen molar-refractivity contribution < 1.29 is 4.79 Å². The van der Waals surface area contributed by atoms with E-state index in [1.165, 1.54) is 0 Å². The van der Waals surface area contributed by atoms with Crippen molar-refractivity contribution in [2.24, 2.45) is 0 Å². The first kappa shape index (κ1) is 22.4. The van der Waals surface area contributed by atoms with E-state index >= 15 is 0 Å². The summed E-state index contributed by atoms with van der Waals surface area (Å²) in [5, 5.41) is 9.08. The molecule has 1 N–H and O–H groups in total. The highest BCUT2D eigenvalue weighted by Crippen LogP contribution is 2.30. The van der Waals surface area contributed by atoms with Gasteiger partial charge in [0.25, 0.3) is 0 Å². The molecule has 3 aromatic rings. The number of hydrogen-bond donors (Lipinski definition) is 1. The van der Waals surface area contributed by atoms with Gasteiger partial charge in [0.2, 0.25) is 5.91 Å². The summed E-state index contributed by atoms with van der Waals surface area (Å²) in [6.07, 6.45) is 6.71. The van der Waals surface area contributed by atoms with Crippen molar-refractivity contribution in [2.45, 2.75) is 38.3 Å². The minimum Gasteiger partial charge on any atom is -0.352 e. The third-order valence-electron chi connectivity index (χ3n) is 6.59. The highest BCUT2D eigenvalue weighted by Gasteiger charge is 2.29. The molecule has 0 radical (unpaired) electrons. The number of benzene rings is 1. The minimum absolute atomic E-state index is 0.0306. The van der Waals surface area contributed by atoms with E-state index in [0.717, 1.165) is 55.8 Å². The van der Waals surface area contributed by atoms with Gasteiger partial charge in [0, 0.05) is 36.2 Å². The highest BCUT2D eigenvalue weighted by molar-refractivity contribution is 6.35. The molecule has 2 aliphatic rings. The van der Waals surface area contributed by atoms with E-state index in [1.54, 1.807) is 18.5 Å². The Morgan fingerprint density at radius 3 is 2.70 bits per heavy atom. The molecule has 4 heterocycles. The second-order valence-electron chi connectivity index (χ2n) is 8.68. The van der Waals surface area contributed by atoms with Gasteiger partial charge in [-0.1, -0.05) is 35.7 Å². The largest absolute Gasteiger partial charge is 0.352 e. The lowest BCUT2D eigenvalue weighted by molar-refractivity contribution is -0.134. The zero-order chi connectivity index (χ0) is 22.9. The first-order valence-corrected chi connectivity index (χ1v) is 12.2. The van der Waals surface area contributed by atoms with E-state index < -0.39 is 0 Å². The smallest absolute Gasteiger partial charge is 0.239 e. The molecule has 2 fully saturated rings. The molecule has 0 unspecified atom stereocenters. The number of anilines is 1. The number of carbonyl (C=O) groups is 1. The summed E-state index contributed by atoms with van der Waals surface area (Å²) in [6.45, 7) is 5.79. The van der Waals surface area contributed by atoms with Crippen LogP contribution < -0.4 is 10.2 Å². The molecule has 1 amide bonds. The average molecular weight is 488 g/mol. The van der Waals surface area contributed by atoms with Gasteiger partial charge in [-0.25, -0.2) is 14.6 Å². The second-order valence-corrected chi connectivity index (χ2v) is 9.53. The highest BCUT2D eigenvalue weighted by atomic mass is 35.5. The van der Waals surface area contributed by atoms with Crippen molar-refractivity contribution in [3.63, 3.8) is 0 Å². The van der Waals surface area contributed by atoms with Crippen LogP contribution in [0.5, 0.6) is 0 Å². The van der Waals surface area contributed by atoms with Crippen LogP contribution in [0.4, 0.5) is 5.82 Å². The Morgan fingerprint density at radius 2 is 1.97 bits per heavy atom. The molecule has 1 aromatic carbocycles. The van der Waals surface area contributed by atoms with Gasteiger partial charge in [-0.2, -0.15) is 5.10 Å². The number of hydrogen-bond acceptors (Lipinski definition) is 6. The van der Waals surface area contributed by atoms with Crippen LogP contribution in [-0.4, -0.2) is 69.3 Å². The maximum absolute atomic E-state index is 12.8. The van der Waals surface area contributed by atoms with Crippen molar-refractivity contribution in [3.05, 3.63) is 46.2 Å². The van der Waals surface area contributed by atoms with Crippen LogP contribution in [0.15, 0.2) is 30.6 Å². The van der Waals surface area contributed by atoms with E-state index in [0.29, 0.717) is 28.8 Å². The van der Waals surface area contributed by atoms with Gasteiger partial charge >= 0.3 is 0 Å². The Balaban J connectivity index is 1.32. The predicted molar refractivity (Wildman–Crippen MR) is 130 cm³/mol. The first-order chi connectivity index (χ1) is 16.0. The van der Waals surface area contributed by atoms with Crippen molar-refractivity contribution in [3.8, 4) is 0 Å². The van der Waals surface area contributed by atoms with Gasteiger partial charge in [-0.15, -0.1) is 0 Å². The number of nitrogens with one attached hydrogen (secondary N) is 1. The maximum Gasteiger partial charge on any atom is 0.239 e. The minimum atomic E-state index is -0.130.